The molecule has 2 heterocycles. The summed E-state index contributed by atoms with van der Waals surface area (Å²) in [5, 5.41) is 1.15. The number of rotatable bonds is 3. The number of carbonyl (C=O) groups excluding carboxylic acids is 2. The highest BCUT2D eigenvalue weighted by molar-refractivity contribution is 5.84. The molecule has 2 aromatic rings. The van der Waals surface area contributed by atoms with Crippen LogP contribution in [0.1, 0.15) is 5.56 Å². The van der Waals surface area contributed by atoms with Crippen LogP contribution < -0.4 is 0 Å². The minimum Gasteiger partial charge on any atom is -0.361 e. The predicted molar refractivity (Wildman–Crippen MR) is 71.4 cm³/mol. The maximum absolute atomic E-state index is 12.0. The van der Waals surface area contributed by atoms with Gasteiger partial charge in [0.05, 0.1) is 6.54 Å². The number of benzene rings is 1. The van der Waals surface area contributed by atoms with Crippen molar-refractivity contribution in [1.29, 1.82) is 0 Å². The second kappa shape index (κ2) is 4.76. The van der Waals surface area contributed by atoms with E-state index in [1.165, 1.54) is 4.90 Å². The molecule has 1 aromatic carbocycles. The lowest BCUT2D eigenvalue weighted by Crippen LogP contribution is -2.49. The van der Waals surface area contributed by atoms with Crippen LogP contribution in [-0.2, 0) is 16.1 Å². The number of aromatic nitrogens is 1. The Balaban J connectivity index is 1.80. The summed E-state index contributed by atoms with van der Waals surface area (Å²) in [5.41, 5.74) is 2.21. The first-order valence-electron chi connectivity index (χ1n) is 6.30. The lowest BCUT2D eigenvalue weighted by atomic mass is 10.1. The molecule has 5 heteroatoms. The summed E-state index contributed by atoms with van der Waals surface area (Å²) in [7, 11) is 0. The van der Waals surface area contributed by atoms with Gasteiger partial charge in [-0.1, -0.05) is 12.1 Å². The second-order valence-corrected chi connectivity index (χ2v) is 4.75. The Hall–Kier alpha value is -2.30. The first kappa shape index (κ1) is 11.8. The summed E-state index contributed by atoms with van der Waals surface area (Å²) < 4.78 is 0. The van der Waals surface area contributed by atoms with E-state index >= 15 is 0 Å². The average molecular weight is 257 g/mol. The maximum Gasteiger partial charge on any atom is 0.242 e. The molecule has 0 saturated carbocycles. The molecule has 0 spiro atoms. The summed E-state index contributed by atoms with van der Waals surface area (Å²) >= 11 is 0. The zero-order valence-corrected chi connectivity index (χ0v) is 10.5. The van der Waals surface area contributed by atoms with Crippen molar-refractivity contribution in [2.24, 2.45) is 0 Å². The number of hydrogen-bond donors (Lipinski definition) is 1. The van der Waals surface area contributed by atoms with Crippen LogP contribution in [0.5, 0.6) is 0 Å². The van der Waals surface area contributed by atoms with E-state index in [0.29, 0.717) is 19.6 Å². The molecule has 3 rings (SSSR count). The monoisotopic (exact) mass is 257 g/mol. The molecule has 0 bridgehead atoms. The molecule has 1 aromatic heterocycles. The molecule has 1 aliphatic rings. The van der Waals surface area contributed by atoms with Crippen LogP contribution in [0.15, 0.2) is 30.5 Å². The smallest absolute Gasteiger partial charge is 0.242 e. The summed E-state index contributed by atoms with van der Waals surface area (Å²) in [6.45, 7) is 1.99. The van der Waals surface area contributed by atoms with Gasteiger partial charge in [0.25, 0.3) is 0 Å². The van der Waals surface area contributed by atoms with Crippen molar-refractivity contribution in [3.8, 4) is 0 Å². The van der Waals surface area contributed by atoms with Gasteiger partial charge < -0.3 is 14.8 Å². The molecule has 1 aliphatic heterocycles. The summed E-state index contributed by atoms with van der Waals surface area (Å²) in [4.78, 5) is 29.1. The number of fused-ring (bicyclic) bond motifs is 1. The molecule has 19 heavy (non-hydrogen) atoms. The minimum absolute atomic E-state index is 0.00545. The van der Waals surface area contributed by atoms with Crippen molar-refractivity contribution < 1.29 is 9.59 Å². The van der Waals surface area contributed by atoms with Gasteiger partial charge in [0.15, 0.2) is 0 Å². The quantitative estimate of drug-likeness (QED) is 0.833. The topological polar surface area (TPSA) is 56.4 Å². The van der Waals surface area contributed by atoms with E-state index < -0.39 is 0 Å². The van der Waals surface area contributed by atoms with Crippen molar-refractivity contribution in [3.63, 3.8) is 0 Å². The van der Waals surface area contributed by atoms with Gasteiger partial charge >= 0.3 is 0 Å². The van der Waals surface area contributed by atoms with Gasteiger partial charge in [0.2, 0.25) is 12.3 Å². The van der Waals surface area contributed by atoms with Gasteiger partial charge in [0.1, 0.15) is 0 Å². The fourth-order valence-corrected chi connectivity index (χ4v) is 2.48. The summed E-state index contributed by atoms with van der Waals surface area (Å²) in [6, 6.07) is 8.07. The molecular weight excluding hydrogens is 242 g/mol. The molecule has 0 radical (unpaired) electrons. The fourth-order valence-electron chi connectivity index (χ4n) is 2.48. The van der Waals surface area contributed by atoms with Crippen LogP contribution in [-0.4, -0.2) is 46.7 Å². The Kier molecular flexibility index (Phi) is 2.95. The number of carbonyl (C=O) groups is 2. The number of nitrogens with zero attached hydrogens (tertiary/aromatic N) is 2. The van der Waals surface area contributed by atoms with E-state index in [4.69, 9.17) is 0 Å². The Labute approximate surface area is 110 Å². The molecule has 1 N–H and O–H groups in total. The summed E-state index contributed by atoms with van der Waals surface area (Å²) in [6.07, 6.45) is 2.64. The molecule has 1 fully saturated rings. The minimum atomic E-state index is 0.00545. The fraction of sp³-hybridized carbons (Fsp3) is 0.286. The van der Waals surface area contributed by atoms with Crippen LogP contribution in [0.2, 0.25) is 0 Å². The van der Waals surface area contributed by atoms with Gasteiger partial charge in [-0.05, 0) is 17.7 Å². The predicted octanol–water partition coefficient (Wildman–Crippen LogP) is 0.968. The Morgan fingerprint density at radius 1 is 1.26 bits per heavy atom. The maximum atomic E-state index is 12.0. The highest BCUT2D eigenvalue weighted by Crippen LogP contribution is 2.19. The highest BCUT2D eigenvalue weighted by Gasteiger charge is 2.23. The van der Waals surface area contributed by atoms with Crippen molar-refractivity contribution in [1.82, 2.24) is 14.8 Å². The van der Waals surface area contributed by atoms with Gasteiger partial charge in [-0.25, -0.2) is 0 Å². The number of piperazine rings is 1. The van der Waals surface area contributed by atoms with Crippen LogP contribution >= 0.6 is 0 Å². The Bertz CT molecular complexity index is 620. The number of hydrogen-bond acceptors (Lipinski definition) is 2. The first-order valence-corrected chi connectivity index (χ1v) is 6.30. The molecule has 0 unspecified atom stereocenters. The SMILES string of the molecule is O=CN1CCN(Cc2cccc3[nH]ccc23)C(=O)C1. The number of H-pyrrole nitrogens is 1. The number of amides is 2. The van der Waals surface area contributed by atoms with E-state index in [0.717, 1.165) is 22.9 Å². The molecule has 0 atom stereocenters. The van der Waals surface area contributed by atoms with E-state index in [1.54, 1.807) is 0 Å². The third-order valence-corrected chi connectivity index (χ3v) is 3.54. The number of aromatic amines is 1. The van der Waals surface area contributed by atoms with Crippen molar-refractivity contribution in [2.75, 3.05) is 19.6 Å². The van der Waals surface area contributed by atoms with Gasteiger partial charge in [0, 0.05) is 36.7 Å². The van der Waals surface area contributed by atoms with Gasteiger partial charge in [-0.3, -0.25) is 9.59 Å². The standard InChI is InChI=1S/C14H15N3O2/c18-10-16-6-7-17(14(19)9-16)8-11-2-1-3-13-12(11)4-5-15-13/h1-5,10,15H,6-9H2. The number of nitrogens with one attached hydrogen (secondary N) is 1. The van der Waals surface area contributed by atoms with Crippen LogP contribution in [0.3, 0.4) is 0 Å². The summed E-state index contributed by atoms with van der Waals surface area (Å²) in [5.74, 6) is 0.00545. The van der Waals surface area contributed by atoms with E-state index in [1.807, 2.05) is 35.4 Å². The Morgan fingerprint density at radius 2 is 2.16 bits per heavy atom. The molecule has 5 nitrogen and oxygen atoms in total. The zero-order chi connectivity index (χ0) is 13.2. The lowest BCUT2D eigenvalue weighted by molar-refractivity contribution is -0.140. The molecular formula is C14H15N3O2. The zero-order valence-electron chi connectivity index (χ0n) is 10.5. The molecule has 0 aliphatic carbocycles. The van der Waals surface area contributed by atoms with Crippen LogP contribution in [0.4, 0.5) is 0 Å². The van der Waals surface area contributed by atoms with E-state index in [-0.39, 0.29) is 12.5 Å². The average Bonchev–Trinajstić information content (AvgIpc) is 2.90. The molecule has 1 saturated heterocycles. The van der Waals surface area contributed by atoms with Gasteiger partial charge in [-0.15, -0.1) is 0 Å². The van der Waals surface area contributed by atoms with E-state index in [9.17, 15) is 9.59 Å². The Morgan fingerprint density at radius 3 is 2.95 bits per heavy atom. The van der Waals surface area contributed by atoms with Crippen molar-refractivity contribution in [3.05, 3.63) is 36.0 Å². The van der Waals surface area contributed by atoms with E-state index in [2.05, 4.69) is 4.98 Å². The van der Waals surface area contributed by atoms with Gasteiger partial charge in [-0.2, -0.15) is 0 Å². The second-order valence-electron chi connectivity index (χ2n) is 4.75. The highest BCUT2D eigenvalue weighted by atomic mass is 16.2. The van der Waals surface area contributed by atoms with Crippen molar-refractivity contribution in [2.45, 2.75) is 6.54 Å². The van der Waals surface area contributed by atoms with Crippen molar-refractivity contribution >= 4 is 23.2 Å². The third kappa shape index (κ3) is 2.19. The first-order chi connectivity index (χ1) is 9.28. The molecule has 98 valence electrons. The van der Waals surface area contributed by atoms with Crippen LogP contribution in [0, 0.1) is 0 Å². The molecule has 2 amide bonds. The largest absolute Gasteiger partial charge is 0.361 e. The third-order valence-electron chi connectivity index (χ3n) is 3.54. The van der Waals surface area contributed by atoms with Crippen LogP contribution in [0.25, 0.3) is 10.9 Å². The lowest BCUT2D eigenvalue weighted by Gasteiger charge is -2.32. The normalized spacial score (nSPS) is 16.1.